The van der Waals surface area contributed by atoms with E-state index in [1.54, 1.807) is 0 Å². The predicted octanol–water partition coefficient (Wildman–Crippen LogP) is 3.79. The van der Waals surface area contributed by atoms with Gasteiger partial charge in [-0.15, -0.1) is 0 Å². The minimum absolute atomic E-state index is 0.709. The summed E-state index contributed by atoms with van der Waals surface area (Å²) in [7, 11) is 0. The van der Waals surface area contributed by atoms with Gasteiger partial charge in [0.1, 0.15) is 3.70 Å². The van der Waals surface area contributed by atoms with Gasteiger partial charge in [-0.05, 0) is 62.9 Å². The Bertz CT molecular complexity index is 445. The Labute approximate surface area is 120 Å². The van der Waals surface area contributed by atoms with Crippen LogP contribution in [0.3, 0.4) is 0 Å². The fourth-order valence-corrected chi connectivity index (χ4v) is 2.16. The summed E-state index contributed by atoms with van der Waals surface area (Å²) in [5, 5.41) is 5.01. The first-order chi connectivity index (χ1) is 7.15. The smallest absolute Gasteiger partial charge is 0.141 e. The van der Waals surface area contributed by atoms with Crippen molar-refractivity contribution in [2.75, 3.05) is 0 Å². The van der Waals surface area contributed by atoms with Crippen molar-refractivity contribution in [3.63, 3.8) is 0 Å². The zero-order valence-electron chi connectivity index (χ0n) is 7.62. The number of benzene rings is 1. The number of rotatable bonds is 2. The van der Waals surface area contributed by atoms with Crippen LogP contribution < -0.4 is 0 Å². The van der Waals surface area contributed by atoms with E-state index in [0.717, 1.165) is 10.2 Å². The van der Waals surface area contributed by atoms with Crippen molar-refractivity contribution in [2.45, 2.75) is 6.54 Å². The fraction of sp³-hybridized carbons (Fsp3) is 0.100. The molecule has 0 aliphatic heterocycles. The number of halogens is 3. The van der Waals surface area contributed by atoms with Gasteiger partial charge in [0.15, 0.2) is 0 Å². The molecule has 2 rings (SSSR count). The number of nitrogens with zero attached hydrogens (tertiary/aromatic N) is 2. The maximum absolute atomic E-state index is 5.93. The van der Waals surface area contributed by atoms with Gasteiger partial charge in [-0.25, -0.2) is 0 Å². The first-order valence-electron chi connectivity index (χ1n) is 4.28. The van der Waals surface area contributed by atoms with Crippen molar-refractivity contribution in [2.24, 2.45) is 0 Å². The number of hydrogen-bond acceptors (Lipinski definition) is 1. The highest BCUT2D eigenvalue weighted by Crippen LogP contribution is 2.16. The lowest BCUT2D eigenvalue weighted by Crippen LogP contribution is -2.00. The van der Waals surface area contributed by atoms with Gasteiger partial charge in [0, 0.05) is 9.77 Å². The van der Waals surface area contributed by atoms with Crippen LogP contribution in [0.2, 0.25) is 5.02 Å². The topological polar surface area (TPSA) is 17.8 Å². The molecule has 0 amide bonds. The molecule has 0 atom stereocenters. The van der Waals surface area contributed by atoms with Gasteiger partial charge in [-0.3, -0.25) is 4.68 Å². The van der Waals surface area contributed by atoms with Crippen LogP contribution in [0.15, 0.2) is 30.5 Å². The Morgan fingerprint density at radius 1 is 1.20 bits per heavy atom. The minimum Gasteiger partial charge on any atom is -0.266 e. The summed E-state index contributed by atoms with van der Waals surface area (Å²) >= 11 is 10.3. The lowest BCUT2D eigenvalue weighted by atomic mass is 10.2. The van der Waals surface area contributed by atoms with Crippen LogP contribution >= 0.6 is 56.8 Å². The Balaban J connectivity index is 2.18. The van der Waals surface area contributed by atoms with E-state index in [-0.39, 0.29) is 0 Å². The molecule has 0 fully saturated rings. The summed E-state index contributed by atoms with van der Waals surface area (Å²) in [6, 6.07) is 8.38. The lowest BCUT2D eigenvalue weighted by Gasteiger charge is -2.01. The van der Waals surface area contributed by atoms with Crippen molar-refractivity contribution < 1.29 is 0 Å². The van der Waals surface area contributed by atoms with Gasteiger partial charge < -0.3 is 0 Å². The van der Waals surface area contributed by atoms with Gasteiger partial charge >= 0.3 is 0 Å². The van der Waals surface area contributed by atoms with Gasteiger partial charge in [0.2, 0.25) is 0 Å². The molecule has 78 valence electrons. The molecule has 0 spiro atoms. The largest absolute Gasteiger partial charge is 0.266 e. The zero-order valence-corrected chi connectivity index (χ0v) is 12.7. The highest BCUT2D eigenvalue weighted by atomic mass is 127. The van der Waals surface area contributed by atoms with E-state index < -0.39 is 0 Å². The second kappa shape index (κ2) is 5.01. The highest BCUT2D eigenvalue weighted by Gasteiger charge is 2.03. The molecule has 0 aliphatic rings. The molecule has 0 saturated carbocycles. The third-order valence-corrected chi connectivity index (χ3v) is 4.04. The molecule has 5 heteroatoms. The number of hydrogen-bond donors (Lipinski definition) is 0. The van der Waals surface area contributed by atoms with Crippen molar-refractivity contribution in [1.29, 1.82) is 0 Å². The second-order valence-electron chi connectivity index (χ2n) is 3.09. The van der Waals surface area contributed by atoms with Crippen LogP contribution in [-0.2, 0) is 6.54 Å². The fourth-order valence-electron chi connectivity index (χ4n) is 1.23. The Kier molecular flexibility index (Phi) is 3.89. The molecule has 2 nitrogen and oxygen atoms in total. The molecule has 0 saturated heterocycles. The van der Waals surface area contributed by atoms with E-state index in [2.05, 4.69) is 74.5 Å². The van der Waals surface area contributed by atoms with Crippen LogP contribution in [0, 0.1) is 7.27 Å². The maximum Gasteiger partial charge on any atom is 0.141 e. The van der Waals surface area contributed by atoms with Crippen molar-refractivity contribution in [3.05, 3.63) is 48.3 Å². The van der Waals surface area contributed by atoms with Gasteiger partial charge in [-0.2, -0.15) is 5.10 Å². The van der Waals surface area contributed by atoms with Gasteiger partial charge in [-0.1, -0.05) is 23.7 Å². The Morgan fingerprint density at radius 2 is 1.87 bits per heavy atom. The zero-order chi connectivity index (χ0) is 10.8. The Morgan fingerprint density at radius 3 is 2.40 bits per heavy atom. The van der Waals surface area contributed by atoms with E-state index in [4.69, 9.17) is 11.6 Å². The molecule has 15 heavy (non-hydrogen) atoms. The van der Waals surface area contributed by atoms with Crippen LogP contribution in [0.5, 0.6) is 0 Å². The van der Waals surface area contributed by atoms with Gasteiger partial charge in [0.05, 0.1) is 11.6 Å². The summed E-state index contributed by atoms with van der Waals surface area (Å²) in [4.78, 5) is 0. The first-order valence-corrected chi connectivity index (χ1v) is 6.81. The average Bonchev–Trinajstić information content (AvgIpc) is 2.50. The molecule has 1 heterocycles. The van der Waals surface area contributed by atoms with E-state index >= 15 is 0 Å². The molecule has 0 aliphatic carbocycles. The van der Waals surface area contributed by atoms with E-state index in [1.807, 2.05) is 10.9 Å². The third-order valence-electron chi connectivity index (χ3n) is 1.93. The minimum atomic E-state index is 0.709. The molecule has 1 aromatic heterocycles. The lowest BCUT2D eigenvalue weighted by molar-refractivity contribution is 0.681. The molecule has 2 aromatic rings. The molecule has 0 bridgehead atoms. The predicted molar refractivity (Wildman–Crippen MR) is 78.2 cm³/mol. The SMILES string of the molecule is Clc1cn(Cc2ccc(I)cc2)nc1I. The summed E-state index contributed by atoms with van der Waals surface area (Å²) in [6.45, 7) is 0.764. The van der Waals surface area contributed by atoms with Crippen molar-refractivity contribution in [1.82, 2.24) is 9.78 Å². The number of aromatic nitrogens is 2. The average molecular weight is 444 g/mol. The summed E-state index contributed by atoms with van der Waals surface area (Å²) in [5.74, 6) is 0. The van der Waals surface area contributed by atoms with E-state index in [0.29, 0.717) is 5.02 Å². The first kappa shape index (κ1) is 11.7. The molecular formula is C10H7ClI2N2. The Hall–Kier alpha value is 0.180. The van der Waals surface area contributed by atoms with E-state index in [1.165, 1.54) is 9.13 Å². The molecule has 1 aromatic carbocycles. The second-order valence-corrected chi connectivity index (χ2v) is 5.77. The van der Waals surface area contributed by atoms with Crippen LogP contribution in [0.4, 0.5) is 0 Å². The summed E-state index contributed by atoms with van der Waals surface area (Å²) < 4.78 is 3.94. The third kappa shape index (κ3) is 3.07. The maximum atomic E-state index is 5.93. The summed E-state index contributed by atoms with van der Waals surface area (Å²) in [6.07, 6.45) is 1.85. The highest BCUT2D eigenvalue weighted by molar-refractivity contribution is 14.1. The monoisotopic (exact) mass is 444 g/mol. The van der Waals surface area contributed by atoms with Gasteiger partial charge in [0.25, 0.3) is 0 Å². The molecule has 0 radical (unpaired) electrons. The molecule has 0 unspecified atom stereocenters. The standard InChI is InChI=1S/C10H7ClI2N2/c11-9-6-15(14-10(9)13)5-7-1-3-8(12)4-2-7/h1-4,6H,5H2. The normalized spacial score (nSPS) is 10.6. The van der Waals surface area contributed by atoms with Crippen LogP contribution in [0.25, 0.3) is 0 Å². The quantitative estimate of drug-likeness (QED) is 0.645. The summed E-state index contributed by atoms with van der Waals surface area (Å²) in [5.41, 5.74) is 1.23. The van der Waals surface area contributed by atoms with Crippen molar-refractivity contribution >= 4 is 56.8 Å². The molecular weight excluding hydrogens is 437 g/mol. The van der Waals surface area contributed by atoms with Crippen molar-refractivity contribution in [3.8, 4) is 0 Å². The van der Waals surface area contributed by atoms with Crippen LogP contribution in [0.1, 0.15) is 5.56 Å². The van der Waals surface area contributed by atoms with E-state index in [9.17, 15) is 0 Å². The van der Waals surface area contributed by atoms with Crippen LogP contribution in [-0.4, -0.2) is 9.78 Å². The molecule has 0 N–H and O–H groups in total.